The molecule has 2 aliphatic rings. The summed E-state index contributed by atoms with van der Waals surface area (Å²) in [5.41, 5.74) is 2.05. The van der Waals surface area contributed by atoms with Crippen LogP contribution >= 0.6 is 0 Å². The van der Waals surface area contributed by atoms with E-state index in [1.807, 2.05) is 30.0 Å². The Morgan fingerprint density at radius 2 is 2.15 bits per heavy atom. The molecule has 2 amide bonds. The van der Waals surface area contributed by atoms with E-state index in [-0.39, 0.29) is 17.9 Å². The van der Waals surface area contributed by atoms with Gasteiger partial charge in [-0.05, 0) is 62.3 Å². The number of nitrogens with zero attached hydrogens (tertiary/aromatic N) is 1. The van der Waals surface area contributed by atoms with Crippen molar-refractivity contribution in [2.24, 2.45) is 5.92 Å². The van der Waals surface area contributed by atoms with Crippen LogP contribution in [0, 0.1) is 12.8 Å². The van der Waals surface area contributed by atoms with Crippen molar-refractivity contribution in [1.82, 2.24) is 15.5 Å². The molecule has 0 bridgehead atoms. The van der Waals surface area contributed by atoms with Crippen molar-refractivity contribution in [2.45, 2.75) is 45.1 Å². The number of nitrogens with one attached hydrogen (secondary N) is 2. The number of hydrogen-bond acceptors (Lipinski definition) is 4. The summed E-state index contributed by atoms with van der Waals surface area (Å²) in [5.74, 6) is 1.40. The van der Waals surface area contributed by atoms with Crippen LogP contribution in [0.5, 0.6) is 5.75 Å². The summed E-state index contributed by atoms with van der Waals surface area (Å²) in [7, 11) is 1.65. The fourth-order valence-electron chi connectivity index (χ4n) is 4.00. The molecule has 0 saturated carbocycles. The van der Waals surface area contributed by atoms with E-state index in [1.54, 1.807) is 7.11 Å². The molecule has 2 N–H and O–H groups in total. The number of amides is 2. The number of rotatable bonds is 6. The van der Waals surface area contributed by atoms with Gasteiger partial charge in [-0.15, -0.1) is 0 Å². The molecule has 2 aliphatic heterocycles. The first-order chi connectivity index (χ1) is 13.1. The summed E-state index contributed by atoms with van der Waals surface area (Å²) in [6, 6.07) is 5.89. The van der Waals surface area contributed by atoms with E-state index in [2.05, 4.69) is 10.6 Å². The van der Waals surface area contributed by atoms with Crippen molar-refractivity contribution in [3.8, 4) is 5.75 Å². The number of aryl methyl sites for hydroxylation is 1. The van der Waals surface area contributed by atoms with Crippen molar-refractivity contribution in [1.29, 1.82) is 0 Å². The van der Waals surface area contributed by atoms with E-state index < -0.39 is 0 Å². The highest BCUT2D eigenvalue weighted by Gasteiger charge is 2.26. The summed E-state index contributed by atoms with van der Waals surface area (Å²) in [5, 5.41) is 6.29. The number of benzene rings is 1. The lowest BCUT2D eigenvalue weighted by molar-refractivity contribution is -0.132. The third kappa shape index (κ3) is 5.22. The van der Waals surface area contributed by atoms with Gasteiger partial charge in [-0.1, -0.05) is 12.1 Å². The van der Waals surface area contributed by atoms with E-state index in [4.69, 9.17) is 4.74 Å². The minimum absolute atomic E-state index is 0.0390. The van der Waals surface area contributed by atoms with Crippen LogP contribution in [0.15, 0.2) is 18.2 Å². The number of piperidine rings is 1. The quantitative estimate of drug-likeness (QED) is 0.796. The Kier molecular flexibility index (Phi) is 6.72. The van der Waals surface area contributed by atoms with E-state index in [0.29, 0.717) is 18.9 Å². The molecule has 3 rings (SSSR count). The molecular formula is C21H31N3O3. The second kappa shape index (κ2) is 9.22. The zero-order valence-electron chi connectivity index (χ0n) is 16.4. The third-order valence-corrected chi connectivity index (χ3v) is 5.64. The van der Waals surface area contributed by atoms with Crippen LogP contribution in [0.1, 0.15) is 36.8 Å². The molecule has 6 nitrogen and oxygen atoms in total. The van der Waals surface area contributed by atoms with Crippen LogP contribution in [-0.4, -0.2) is 56.0 Å². The van der Waals surface area contributed by atoms with E-state index in [0.717, 1.165) is 62.2 Å². The summed E-state index contributed by atoms with van der Waals surface area (Å²) in [6.45, 7) is 5.10. The fourth-order valence-corrected chi connectivity index (χ4v) is 4.00. The van der Waals surface area contributed by atoms with E-state index >= 15 is 0 Å². The van der Waals surface area contributed by atoms with E-state index in [1.165, 1.54) is 0 Å². The lowest BCUT2D eigenvalue weighted by atomic mass is 9.97. The van der Waals surface area contributed by atoms with Gasteiger partial charge in [0.25, 0.3) is 0 Å². The van der Waals surface area contributed by atoms with Crippen molar-refractivity contribution >= 4 is 11.8 Å². The molecule has 1 aromatic rings. The maximum absolute atomic E-state index is 12.7. The summed E-state index contributed by atoms with van der Waals surface area (Å²) in [4.78, 5) is 26.8. The second-order valence-electron chi connectivity index (χ2n) is 7.72. The van der Waals surface area contributed by atoms with Gasteiger partial charge in [0.2, 0.25) is 11.8 Å². The minimum atomic E-state index is -0.0390. The number of ether oxygens (including phenoxy) is 1. The Hall–Kier alpha value is -2.08. The number of likely N-dealkylation sites (tertiary alicyclic amines) is 1. The Morgan fingerprint density at radius 1 is 1.30 bits per heavy atom. The summed E-state index contributed by atoms with van der Waals surface area (Å²) < 4.78 is 5.36. The van der Waals surface area contributed by atoms with Gasteiger partial charge in [-0.2, -0.15) is 0 Å². The lowest BCUT2D eigenvalue weighted by Crippen LogP contribution is -2.47. The van der Waals surface area contributed by atoms with Crippen molar-refractivity contribution < 1.29 is 14.3 Å². The Balaban J connectivity index is 1.49. The molecule has 2 unspecified atom stereocenters. The topological polar surface area (TPSA) is 70.7 Å². The van der Waals surface area contributed by atoms with Gasteiger partial charge in [0.05, 0.1) is 19.6 Å². The fraction of sp³-hybridized carbons (Fsp3) is 0.619. The first-order valence-electron chi connectivity index (χ1n) is 9.99. The van der Waals surface area contributed by atoms with Gasteiger partial charge in [0, 0.05) is 19.6 Å². The van der Waals surface area contributed by atoms with Gasteiger partial charge >= 0.3 is 0 Å². The Morgan fingerprint density at radius 3 is 2.89 bits per heavy atom. The second-order valence-corrected chi connectivity index (χ2v) is 7.72. The number of carbonyl (C=O) groups is 2. The Bertz CT molecular complexity index is 671. The van der Waals surface area contributed by atoms with Crippen LogP contribution < -0.4 is 15.4 Å². The van der Waals surface area contributed by atoms with Crippen molar-refractivity contribution in [3.05, 3.63) is 29.3 Å². The average molecular weight is 373 g/mol. The number of carbonyl (C=O) groups excluding carboxylic acids is 2. The highest BCUT2D eigenvalue weighted by atomic mass is 16.5. The standard InChI is InChI=1S/C21H31N3O3/c1-15-7-8-16(11-19(15)27-2)12-20(25)24-10-4-5-17(14-24)13-23-21(26)18-6-3-9-22-18/h7-8,11,17-18,22H,3-6,9-10,12-14H2,1-2H3,(H,23,26). The zero-order valence-corrected chi connectivity index (χ0v) is 16.4. The molecular weight excluding hydrogens is 342 g/mol. The molecule has 0 radical (unpaired) electrons. The number of hydrogen-bond donors (Lipinski definition) is 2. The molecule has 0 aliphatic carbocycles. The molecule has 2 saturated heterocycles. The average Bonchev–Trinajstić information content (AvgIpc) is 3.22. The SMILES string of the molecule is COc1cc(CC(=O)N2CCCC(CNC(=O)C3CCCN3)C2)ccc1C. The van der Waals surface area contributed by atoms with Crippen LogP contribution in [0.4, 0.5) is 0 Å². The molecule has 6 heteroatoms. The molecule has 2 heterocycles. The summed E-state index contributed by atoms with van der Waals surface area (Å²) in [6.07, 6.45) is 4.42. The molecule has 0 spiro atoms. The first kappa shape index (κ1) is 19.7. The predicted molar refractivity (Wildman–Crippen MR) is 105 cm³/mol. The smallest absolute Gasteiger partial charge is 0.237 e. The molecule has 0 aromatic heterocycles. The zero-order chi connectivity index (χ0) is 19.2. The van der Waals surface area contributed by atoms with Gasteiger partial charge in [-0.25, -0.2) is 0 Å². The van der Waals surface area contributed by atoms with Crippen LogP contribution in [0.2, 0.25) is 0 Å². The lowest BCUT2D eigenvalue weighted by Gasteiger charge is -2.33. The molecule has 2 fully saturated rings. The normalized spacial score (nSPS) is 22.5. The van der Waals surface area contributed by atoms with Crippen LogP contribution in [0.25, 0.3) is 0 Å². The minimum Gasteiger partial charge on any atom is -0.496 e. The maximum Gasteiger partial charge on any atom is 0.237 e. The van der Waals surface area contributed by atoms with Gasteiger partial charge in [0.15, 0.2) is 0 Å². The molecule has 1 aromatic carbocycles. The monoisotopic (exact) mass is 373 g/mol. The predicted octanol–water partition coefficient (Wildman–Crippen LogP) is 1.65. The maximum atomic E-state index is 12.7. The first-order valence-corrected chi connectivity index (χ1v) is 9.99. The molecule has 27 heavy (non-hydrogen) atoms. The largest absolute Gasteiger partial charge is 0.496 e. The third-order valence-electron chi connectivity index (χ3n) is 5.64. The molecule has 148 valence electrons. The van der Waals surface area contributed by atoms with Crippen molar-refractivity contribution in [2.75, 3.05) is 33.3 Å². The van der Waals surface area contributed by atoms with Gasteiger partial charge < -0.3 is 20.3 Å². The highest BCUT2D eigenvalue weighted by molar-refractivity contribution is 5.82. The Labute approximate surface area is 161 Å². The van der Waals surface area contributed by atoms with Gasteiger partial charge in [0.1, 0.15) is 5.75 Å². The van der Waals surface area contributed by atoms with Crippen molar-refractivity contribution in [3.63, 3.8) is 0 Å². The summed E-state index contributed by atoms with van der Waals surface area (Å²) >= 11 is 0. The van der Waals surface area contributed by atoms with Crippen LogP contribution in [-0.2, 0) is 16.0 Å². The number of methoxy groups -OCH3 is 1. The molecule has 2 atom stereocenters. The van der Waals surface area contributed by atoms with Gasteiger partial charge in [-0.3, -0.25) is 9.59 Å². The highest BCUT2D eigenvalue weighted by Crippen LogP contribution is 2.21. The van der Waals surface area contributed by atoms with Crippen LogP contribution in [0.3, 0.4) is 0 Å². The van der Waals surface area contributed by atoms with E-state index in [9.17, 15) is 9.59 Å².